The third-order valence-electron chi connectivity index (χ3n) is 2.56. The normalized spacial score (nSPS) is 18.6. The smallest absolute Gasteiger partial charge is 0.323 e. The molecule has 1 aliphatic rings. The van der Waals surface area contributed by atoms with Gasteiger partial charge in [0.05, 0.1) is 7.11 Å². The van der Waals surface area contributed by atoms with Crippen LogP contribution in [0.2, 0.25) is 0 Å². The molecule has 80 valence electrons. The van der Waals surface area contributed by atoms with Gasteiger partial charge in [0, 0.05) is 0 Å². The minimum atomic E-state index is -0.483. The minimum Gasteiger partial charge on any atom is -0.468 e. The van der Waals surface area contributed by atoms with Crippen molar-refractivity contribution in [3.8, 4) is 0 Å². The van der Waals surface area contributed by atoms with Crippen LogP contribution in [0.15, 0.2) is 11.6 Å². The van der Waals surface area contributed by atoms with Crippen LogP contribution in [-0.4, -0.2) is 18.5 Å². The van der Waals surface area contributed by atoms with Crippen LogP contribution >= 0.6 is 11.6 Å². The highest BCUT2D eigenvalue weighted by molar-refractivity contribution is 6.29. The van der Waals surface area contributed by atoms with Crippen molar-refractivity contribution in [3.63, 3.8) is 0 Å². The number of ether oxygens (including phenoxy) is 1. The molecule has 0 saturated carbocycles. The fourth-order valence-corrected chi connectivity index (χ4v) is 1.89. The molecule has 0 heterocycles. The summed E-state index contributed by atoms with van der Waals surface area (Å²) in [5, 5.41) is -0.483. The summed E-state index contributed by atoms with van der Waals surface area (Å²) < 4.78 is 4.56. The standard InChI is InChI=1S/C11H17ClO2/c1-14-11(13)10(12)8-7-9-5-3-2-4-6-9/h5,10H,2-4,6-8H2,1H3. The molecule has 0 aromatic rings. The van der Waals surface area contributed by atoms with Gasteiger partial charge in [-0.3, -0.25) is 4.79 Å². The predicted octanol–water partition coefficient (Wildman–Crippen LogP) is 3.05. The van der Waals surface area contributed by atoms with Gasteiger partial charge in [-0.2, -0.15) is 0 Å². The molecule has 1 aliphatic carbocycles. The fraction of sp³-hybridized carbons (Fsp3) is 0.727. The Morgan fingerprint density at radius 3 is 3.00 bits per heavy atom. The first-order valence-electron chi connectivity index (χ1n) is 5.14. The van der Waals surface area contributed by atoms with E-state index in [4.69, 9.17) is 11.6 Å². The number of hydrogen-bond donors (Lipinski definition) is 0. The Morgan fingerprint density at radius 2 is 2.43 bits per heavy atom. The summed E-state index contributed by atoms with van der Waals surface area (Å²) in [6.45, 7) is 0. The van der Waals surface area contributed by atoms with Crippen molar-refractivity contribution in [1.82, 2.24) is 0 Å². The van der Waals surface area contributed by atoms with Gasteiger partial charge in [-0.05, 0) is 38.5 Å². The zero-order valence-electron chi connectivity index (χ0n) is 8.59. The monoisotopic (exact) mass is 216 g/mol. The van der Waals surface area contributed by atoms with E-state index in [1.165, 1.54) is 38.4 Å². The zero-order valence-corrected chi connectivity index (χ0v) is 9.35. The molecule has 0 aliphatic heterocycles. The van der Waals surface area contributed by atoms with Crippen LogP contribution in [0.4, 0.5) is 0 Å². The van der Waals surface area contributed by atoms with Crippen LogP contribution in [0, 0.1) is 0 Å². The number of esters is 1. The lowest BCUT2D eigenvalue weighted by molar-refractivity contribution is -0.140. The summed E-state index contributed by atoms with van der Waals surface area (Å²) in [7, 11) is 1.37. The van der Waals surface area contributed by atoms with Crippen LogP contribution in [0.3, 0.4) is 0 Å². The number of halogens is 1. The minimum absolute atomic E-state index is 0.317. The van der Waals surface area contributed by atoms with Crippen molar-refractivity contribution in [1.29, 1.82) is 0 Å². The lowest BCUT2D eigenvalue weighted by Gasteiger charge is -2.13. The van der Waals surface area contributed by atoms with Crippen molar-refractivity contribution in [2.24, 2.45) is 0 Å². The zero-order chi connectivity index (χ0) is 10.4. The predicted molar refractivity (Wildman–Crippen MR) is 57.4 cm³/mol. The Kier molecular flexibility index (Phi) is 5.02. The third-order valence-corrected chi connectivity index (χ3v) is 2.96. The van der Waals surface area contributed by atoms with Gasteiger partial charge in [0.1, 0.15) is 5.38 Å². The van der Waals surface area contributed by atoms with E-state index in [2.05, 4.69) is 10.8 Å². The Morgan fingerprint density at radius 1 is 1.64 bits per heavy atom. The summed E-state index contributed by atoms with van der Waals surface area (Å²) in [5.41, 5.74) is 1.45. The number of carbonyl (C=O) groups is 1. The maximum absolute atomic E-state index is 11.0. The van der Waals surface area contributed by atoms with Gasteiger partial charge in [0.15, 0.2) is 0 Å². The van der Waals surface area contributed by atoms with Crippen molar-refractivity contribution in [2.45, 2.75) is 43.9 Å². The molecule has 0 saturated heterocycles. The van der Waals surface area contributed by atoms with Gasteiger partial charge in [0.2, 0.25) is 0 Å². The van der Waals surface area contributed by atoms with E-state index >= 15 is 0 Å². The first kappa shape index (κ1) is 11.6. The van der Waals surface area contributed by atoms with Crippen LogP contribution in [0.25, 0.3) is 0 Å². The number of methoxy groups -OCH3 is 1. The van der Waals surface area contributed by atoms with Crippen LogP contribution in [-0.2, 0) is 9.53 Å². The van der Waals surface area contributed by atoms with E-state index < -0.39 is 5.38 Å². The van der Waals surface area contributed by atoms with E-state index in [-0.39, 0.29) is 5.97 Å². The summed E-state index contributed by atoms with van der Waals surface area (Å²) in [5.74, 6) is -0.317. The van der Waals surface area contributed by atoms with E-state index in [0.29, 0.717) is 6.42 Å². The highest BCUT2D eigenvalue weighted by Crippen LogP contribution is 2.23. The molecule has 0 fully saturated rings. The molecule has 0 spiro atoms. The molecule has 1 unspecified atom stereocenters. The second-order valence-electron chi connectivity index (χ2n) is 3.64. The number of rotatable bonds is 4. The average Bonchev–Trinajstić information content (AvgIpc) is 2.26. The summed E-state index contributed by atoms with van der Waals surface area (Å²) in [6, 6.07) is 0. The quantitative estimate of drug-likeness (QED) is 0.410. The van der Waals surface area contributed by atoms with Crippen molar-refractivity contribution in [3.05, 3.63) is 11.6 Å². The van der Waals surface area contributed by atoms with E-state index in [9.17, 15) is 4.79 Å². The van der Waals surface area contributed by atoms with Crippen LogP contribution < -0.4 is 0 Å². The van der Waals surface area contributed by atoms with Gasteiger partial charge in [-0.1, -0.05) is 11.6 Å². The topological polar surface area (TPSA) is 26.3 Å². The van der Waals surface area contributed by atoms with Crippen molar-refractivity contribution >= 4 is 17.6 Å². The third kappa shape index (κ3) is 3.70. The molecule has 2 nitrogen and oxygen atoms in total. The van der Waals surface area contributed by atoms with Crippen LogP contribution in [0.5, 0.6) is 0 Å². The summed E-state index contributed by atoms with van der Waals surface area (Å²) in [4.78, 5) is 11.0. The Balaban J connectivity index is 2.25. The van der Waals surface area contributed by atoms with E-state index in [0.717, 1.165) is 6.42 Å². The van der Waals surface area contributed by atoms with Gasteiger partial charge in [-0.25, -0.2) is 0 Å². The SMILES string of the molecule is COC(=O)C(Cl)CCC1=CCCCC1. The number of carbonyl (C=O) groups excluding carboxylic acids is 1. The van der Waals surface area contributed by atoms with Crippen molar-refractivity contribution < 1.29 is 9.53 Å². The molecule has 0 aromatic carbocycles. The summed E-state index contributed by atoms with van der Waals surface area (Å²) >= 11 is 5.85. The maximum atomic E-state index is 11.0. The second-order valence-corrected chi connectivity index (χ2v) is 4.16. The molecule has 14 heavy (non-hydrogen) atoms. The molecule has 3 heteroatoms. The molecule has 0 amide bonds. The Labute approximate surface area is 90.3 Å². The lowest BCUT2D eigenvalue weighted by Crippen LogP contribution is -2.16. The highest BCUT2D eigenvalue weighted by Gasteiger charge is 2.16. The Hall–Kier alpha value is -0.500. The molecule has 0 radical (unpaired) electrons. The van der Waals surface area contributed by atoms with Gasteiger partial charge >= 0.3 is 5.97 Å². The molecule has 0 N–H and O–H groups in total. The lowest BCUT2D eigenvalue weighted by atomic mass is 9.95. The van der Waals surface area contributed by atoms with E-state index in [1.54, 1.807) is 0 Å². The van der Waals surface area contributed by atoms with Crippen molar-refractivity contribution in [2.75, 3.05) is 7.11 Å². The molecule has 0 aromatic heterocycles. The average molecular weight is 217 g/mol. The van der Waals surface area contributed by atoms with Gasteiger partial charge in [0.25, 0.3) is 0 Å². The number of hydrogen-bond acceptors (Lipinski definition) is 2. The second kappa shape index (κ2) is 6.07. The summed E-state index contributed by atoms with van der Waals surface area (Å²) in [6.07, 6.45) is 8.83. The molecule has 1 rings (SSSR count). The first-order chi connectivity index (χ1) is 6.74. The largest absolute Gasteiger partial charge is 0.468 e. The highest BCUT2D eigenvalue weighted by atomic mass is 35.5. The molecular weight excluding hydrogens is 200 g/mol. The molecule has 0 bridgehead atoms. The fourth-order valence-electron chi connectivity index (χ4n) is 1.69. The van der Waals surface area contributed by atoms with Gasteiger partial charge in [-0.15, -0.1) is 11.6 Å². The van der Waals surface area contributed by atoms with Gasteiger partial charge < -0.3 is 4.74 Å². The molecular formula is C11H17ClO2. The Bertz CT molecular complexity index is 223. The number of alkyl halides is 1. The van der Waals surface area contributed by atoms with E-state index in [1.807, 2.05) is 0 Å². The first-order valence-corrected chi connectivity index (χ1v) is 5.57. The number of allylic oxidation sites excluding steroid dienone is 2. The maximum Gasteiger partial charge on any atom is 0.323 e. The van der Waals surface area contributed by atoms with Crippen LogP contribution in [0.1, 0.15) is 38.5 Å². The molecule has 1 atom stereocenters.